The van der Waals surface area contributed by atoms with E-state index in [0.717, 1.165) is 36.8 Å². The van der Waals surface area contributed by atoms with Crippen LogP contribution in [-0.4, -0.2) is 36.3 Å². The van der Waals surface area contributed by atoms with Crippen molar-refractivity contribution in [3.05, 3.63) is 11.1 Å². The van der Waals surface area contributed by atoms with Crippen LogP contribution in [0.15, 0.2) is 5.38 Å². The summed E-state index contributed by atoms with van der Waals surface area (Å²) in [5, 5.41) is 6.00. The van der Waals surface area contributed by atoms with E-state index in [0.29, 0.717) is 6.61 Å². The van der Waals surface area contributed by atoms with Crippen LogP contribution in [0.25, 0.3) is 0 Å². The number of nitrogens with one attached hydrogen (secondary N) is 1. The number of nitrogens with zero attached hydrogens (tertiary/aromatic N) is 1. The molecule has 19 heavy (non-hydrogen) atoms. The number of carbonyl (C=O) groups excluding carboxylic acids is 1. The molecule has 106 valence electrons. The number of carbonyl (C=O) groups is 1. The molecule has 0 amide bonds. The van der Waals surface area contributed by atoms with Crippen LogP contribution in [0.2, 0.25) is 0 Å². The third kappa shape index (κ3) is 4.18. The van der Waals surface area contributed by atoms with Gasteiger partial charge in [0, 0.05) is 18.5 Å². The first-order chi connectivity index (χ1) is 9.11. The fourth-order valence-corrected chi connectivity index (χ4v) is 2.78. The Labute approximate surface area is 117 Å². The highest BCUT2D eigenvalue weighted by Crippen LogP contribution is 2.26. The summed E-state index contributed by atoms with van der Waals surface area (Å²) in [6.45, 7) is 5.90. The molecule has 1 saturated heterocycles. The lowest BCUT2D eigenvalue weighted by Gasteiger charge is -2.22. The van der Waals surface area contributed by atoms with Crippen LogP contribution < -0.4 is 5.32 Å². The SMILES string of the molecule is CCOC(=O)Cc1csc(NCC2(C)CCCO2)n1. The van der Waals surface area contributed by atoms with Crippen LogP contribution in [0.3, 0.4) is 0 Å². The van der Waals surface area contributed by atoms with Crippen LogP contribution in [0, 0.1) is 0 Å². The van der Waals surface area contributed by atoms with Crippen molar-refractivity contribution in [2.24, 2.45) is 0 Å². The first-order valence-corrected chi connectivity index (χ1v) is 7.47. The van der Waals surface area contributed by atoms with Crippen molar-refractivity contribution < 1.29 is 14.3 Å². The summed E-state index contributed by atoms with van der Waals surface area (Å²) in [5.41, 5.74) is 0.663. The Balaban J connectivity index is 1.82. The number of esters is 1. The molecule has 1 aliphatic heterocycles. The predicted octanol–water partition coefficient (Wildman–Crippen LogP) is 2.23. The third-order valence-electron chi connectivity index (χ3n) is 3.10. The molecule has 1 atom stereocenters. The van der Waals surface area contributed by atoms with Crippen LogP contribution in [0.4, 0.5) is 5.13 Å². The molecule has 1 aromatic rings. The quantitative estimate of drug-likeness (QED) is 0.812. The smallest absolute Gasteiger partial charge is 0.311 e. The van der Waals surface area contributed by atoms with Gasteiger partial charge in [0.15, 0.2) is 5.13 Å². The molecule has 6 heteroatoms. The minimum atomic E-state index is -0.231. The highest BCUT2D eigenvalue weighted by Gasteiger charge is 2.29. The molecular weight excluding hydrogens is 264 g/mol. The van der Waals surface area contributed by atoms with Crippen molar-refractivity contribution >= 4 is 22.4 Å². The van der Waals surface area contributed by atoms with Gasteiger partial charge < -0.3 is 14.8 Å². The second-order valence-corrected chi connectivity index (χ2v) is 5.74. The van der Waals surface area contributed by atoms with Crippen LogP contribution in [0.5, 0.6) is 0 Å². The Morgan fingerprint density at radius 2 is 2.53 bits per heavy atom. The Morgan fingerprint density at radius 1 is 1.68 bits per heavy atom. The van der Waals surface area contributed by atoms with Gasteiger partial charge in [0.25, 0.3) is 0 Å². The second kappa shape index (κ2) is 6.34. The lowest BCUT2D eigenvalue weighted by Crippen LogP contribution is -2.32. The lowest BCUT2D eigenvalue weighted by atomic mass is 10.0. The molecule has 1 aliphatic rings. The van der Waals surface area contributed by atoms with E-state index in [2.05, 4.69) is 17.2 Å². The summed E-state index contributed by atoms with van der Waals surface area (Å²) in [7, 11) is 0. The molecule has 2 rings (SSSR count). The number of thiazole rings is 1. The monoisotopic (exact) mass is 284 g/mol. The summed E-state index contributed by atoms with van der Waals surface area (Å²) in [6, 6.07) is 0. The largest absolute Gasteiger partial charge is 0.466 e. The van der Waals surface area contributed by atoms with Crippen LogP contribution >= 0.6 is 11.3 Å². The lowest BCUT2D eigenvalue weighted by molar-refractivity contribution is -0.142. The van der Waals surface area contributed by atoms with E-state index in [1.807, 2.05) is 5.38 Å². The van der Waals surface area contributed by atoms with Gasteiger partial charge in [0.1, 0.15) is 0 Å². The normalized spacial score (nSPS) is 22.4. The van der Waals surface area contributed by atoms with Gasteiger partial charge in [-0.1, -0.05) is 0 Å². The average molecular weight is 284 g/mol. The van der Waals surface area contributed by atoms with Crippen molar-refractivity contribution in [3.63, 3.8) is 0 Å². The Hall–Kier alpha value is -1.14. The van der Waals surface area contributed by atoms with E-state index < -0.39 is 0 Å². The van der Waals surface area contributed by atoms with E-state index in [4.69, 9.17) is 9.47 Å². The van der Waals surface area contributed by atoms with Crippen LogP contribution in [0.1, 0.15) is 32.4 Å². The average Bonchev–Trinajstić information content (AvgIpc) is 2.97. The third-order valence-corrected chi connectivity index (χ3v) is 3.95. The van der Waals surface area contributed by atoms with Gasteiger partial charge in [-0.2, -0.15) is 0 Å². The first-order valence-electron chi connectivity index (χ1n) is 6.59. The van der Waals surface area contributed by atoms with Crippen molar-refractivity contribution in [1.29, 1.82) is 0 Å². The van der Waals surface area contributed by atoms with Gasteiger partial charge in [-0.3, -0.25) is 4.79 Å². The molecule has 0 aliphatic carbocycles. The molecule has 1 N–H and O–H groups in total. The molecule has 0 radical (unpaired) electrons. The number of rotatable bonds is 6. The van der Waals surface area contributed by atoms with Gasteiger partial charge in [-0.05, 0) is 26.7 Å². The minimum Gasteiger partial charge on any atom is -0.466 e. The maximum Gasteiger partial charge on any atom is 0.311 e. The van der Waals surface area contributed by atoms with Crippen molar-refractivity contribution in [3.8, 4) is 0 Å². The number of hydrogen-bond acceptors (Lipinski definition) is 6. The van der Waals surface area contributed by atoms with Crippen molar-refractivity contribution in [2.45, 2.75) is 38.7 Å². The van der Waals surface area contributed by atoms with E-state index in [9.17, 15) is 4.79 Å². The highest BCUT2D eigenvalue weighted by molar-refractivity contribution is 7.13. The van der Waals surface area contributed by atoms with Gasteiger partial charge in [-0.15, -0.1) is 11.3 Å². The molecular formula is C13H20N2O3S. The zero-order valence-corrected chi connectivity index (χ0v) is 12.2. The first kappa shape index (κ1) is 14.3. The van der Waals surface area contributed by atoms with Crippen molar-refractivity contribution in [1.82, 2.24) is 4.98 Å². The fraction of sp³-hybridized carbons (Fsp3) is 0.692. The molecule has 0 bridgehead atoms. The van der Waals surface area contributed by atoms with E-state index in [-0.39, 0.29) is 18.0 Å². The molecule has 0 spiro atoms. The Morgan fingerprint density at radius 3 is 3.21 bits per heavy atom. The highest BCUT2D eigenvalue weighted by atomic mass is 32.1. The standard InChI is InChI=1S/C13H20N2O3S/c1-3-17-11(16)7-10-8-19-12(15-10)14-9-13(2)5-4-6-18-13/h8H,3-7,9H2,1-2H3,(H,14,15). The van der Waals surface area contributed by atoms with E-state index in [1.54, 1.807) is 6.92 Å². The summed E-state index contributed by atoms with van der Waals surface area (Å²) in [6.07, 6.45) is 2.42. The summed E-state index contributed by atoms with van der Waals surface area (Å²) in [5.74, 6) is -0.231. The zero-order chi connectivity index (χ0) is 13.7. The summed E-state index contributed by atoms with van der Waals surface area (Å²) in [4.78, 5) is 15.7. The van der Waals surface area contributed by atoms with E-state index >= 15 is 0 Å². The molecule has 1 aromatic heterocycles. The van der Waals surface area contributed by atoms with Gasteiger partial charge in [0.05, 0.1) is 24.3 Å². The zero-order valence-electron chi connectivity index (χ0n) is 11.4. The van der Waals surface area contributed by atoms with Gasteiger partial charge >= 0.3 is 5.97 Å². The predicted molar refractivity (Wildman–Crippen MR) is 74.5 cm³/mol. The topological polar surface area (TPSA) is 60.5 Å². The van der Waals surface area contributed by atoms with Gasteiger partial charge in [-0.25, -0.2) is 4.98 Å². The number of aromatic nitrogens is 1. The second-order valence-electron chi connectivity index (χ2n) is 4.88. The molecule has 5 nitrogen and oxygen atoms in total. The molecule has 1 fully saturated rings. The minimum absolute atomic E-state index is 0.0903. The molecule has 1 unspecified atom stereocenters. The summed E-state index contributed by atoms with van der Waals surface area (Å²) >= 11 is 1.51. The van der Waals surface area contributed by atoms with E-state index in [1.165, 1.54) is 11.3 Å². The molecule has 2 heterocycles. The maximum atomic E-state index is 11.3. The molecule has 0 saturated carbocycles. The fourth-order valence-electron chi connectivity index (χ4n) is 2.07. The number of ether oxygens (including phenoxy) is 2. The number of hydrogen-bond donors (Lipinski definition) is 1. The molecule has 0 aromatic carbocycles. The summed E-state index contributed by atoms with van der Waals surface area (Å²) < 4.78 is 10.6. The number of anilines is 1. The van der Waals surface area contributed by atoms with Gasteiger partial charge in [0.2, 0.25) is 0 Å². The maximum absolute atomic E-state index is 11.3. The Bertz CT molecular complexity index is 427. The van der Waals surface area contributed by atoms with Crippen molar-refractivity contribution in [2.75, 3.05) is 25.1 Å². The Kier molecular flexibility index (Phi) is 4.76. The van der Waals surface area contributed by atoms with Crippen LogP contribution in [-0.2, 0) is 20.7 Å².